The molecule has 0 atom stereocenters. The third-order valence-electron chi connectivity index (χ3n) is 3.48. The van der Waals surface area contributed by atoms with Crippen LogP contribution in [0.3, 0.4) is 0 Å². The van der Waals surface area contributed by atoms with Crippen LogP contribution in [-0.2, 0) is 19.9 Å². The van der Waals surface area contributed by atoms with E-state index in [1.807, 2.05) is 0 Å². The summed E-state index contributed by atoms with van der Waals surface area (Å²) in [7, 11) is -7.59. The van der Waals surface area contributed by atoms with Gasteiger partial charge in [0.2, 0.25) is 25.0 Å². The fraction of sp³-hybridized carbons (Fsp3) is 0.0667. The van der Waals surface area contributed by atoms with Crippen molar-refractivity contribution >= 4 is 37.0 Å². The number of benzene rings is 1. The number of nitrogens with zero attached hydrogens (tertiary/aromatic N) is 2. The molecule has 26 heavy (non-hydrogen) atoms. The van der Waals surface area contributed by atoms with E-state index in [-0.39, 0.29) is 21.4 Å². The molecule has 11 heteroatoms. The van der Waals surface area contributed by atoms with Crippen LogP contribution in [0.4, 0.5) is 5.69 Å². The lowest BCUT2D eigenvalue weighted by Gasteiger charge is -2.05. The summed E-state index contributed by atoms with van der Waals surface area (Å²) in [5, 5.41) is 7.30. The Kier molecular flexibility index (Phi) is 4.30. The first-order valence-electron chi connectivity index (χ1n) is 7.19. The average molecular weight is 394 g/mol. The van der Waals surface area contributed by atoms with Crippen molar-refractivity contribution < 1.29 is 21.6 Å². The minimum absolute atomic E-state index is 0.105. The molecule has 0 spiro atoms. The lowest BCUT2D eigenvalue weighted by atomic mass is 10.3. The number of imidazole rings is 1. The van der Waals surface area contributed by atoms with Gasteiger partial charge in [0.25, 0.3) is 5.91 Å². The highest BCUT2D eigenvalue weighted by atomic mass is 32.2. The van der Waals surface area contributed by atoms with E-state index in [0.717, 1.165) is 6.26 Å². The molecule has 0 aliphatic rings. The number of aromatic nitrogens is 2. The summed E-state index contributed by atoms with van der Waals surface area (Å²) >= 11 is 0. The van der Waals surface area contributed by atoms with E-state index in [1.165, 1.54) is 34.9 Å². The first-order valence-corrected chi connectivity index (χ1v) is 10.6. The van der Waals surface area contributed by atoms with Crippen LogP contribution in [0.5, 0.6) is 0 Å². The van der Waals surface area contributed by atoms with E-state index in [0.29, 0.717) is 5.52 Å². The molecule has 3 rings (SSSR count). The number of rotatable bonds is 4. The van der Waals surface area contributed by atoms with Crippen LogP contribution in [0.15, 0.2) is 58.7 Å². The second-order valence-electron chi connectivity index (χ2n) is 5.50. The average Bonchev–Trinajstić information content (AvgIpc) is 2.94. The molecular weight excluding hydrogens is 380 g/mol. The standard InChI is InChI=1S/C15H14N4O5S2/c1-25(21,22)15-18-13(12-7-2-3-8-19(12)15)14(20)17-10-5-4-6-11(9-10)26(16,23)24/h2-9H,1H3,(H,17,20)(H2,16,23,24). The number of hydrogen-bond acceptors (Lipinski definition) is 6. The minimum atomic E-state index is -3.93. The number of carbonyl (C=O) groups excluding carboxylic acids is 1. The number of nitrogens with two attached hydrogens (primary N) is 1. The minimum Gasteiger partial charge on any atom is -0.321 e. The molecule has 0 saturated carbocycles. The topological polar surface area (TPSA) is 141 Å². The van der Waals surface area contributed by atoms with Gasteiger partial charge in [-0.2, -0.15) is 0 Å². The molecule has 3 N–H and O–H groups in total. The Hall–Kier alpha value is -2.76. The quantitative estimate of drug-likeness (QED) is 0.665. The third-order valence-corrected chi connectivity index (χ3v) is 5.35. The summed E-state index contributed by atoms with van der Waals surface area (Å²) in [6.45, 7) is 0. The number of amides is 1. The molecule has 0 saturated heterocycles. The van der Waals surface area contributed by atoms with Crippen molar-refractivity contribution in [3.05, 3.63) is 54.4 Å². The van der Waals surface area contributed by atoms with E-state index in [1.54, 1.807) is 18.2 Å². The Labute approximate surface area is 149 Å². The van der Waals surface area contributed by atoms with Crippen LogP contribution in [0.2, 0.25) is 0 Å². The lowest BCUT2D eigenvalue weighted by molar-refractivity contribution is 0.102. The molecule has 1 aromatic carbocycles. The third kappa shape index (κ3) is 3.45. The maximum Gasteiger partial charge on any atom is 0.276 e. The fourth-order valence-electron chi connectivity index (χ4n) is 2.38. The van der Waals surface area contributed by atoms with Crippen LogP contribution in [0, 0.1) is 0 Å². The maximum atomic E-state index is 12.6. The number of sulfone groups is 1. The Balaban J connectivity index is 2.05. The predicted molar refractivity (Wildman–Crippen MR) is 94.1 cm³/mol. The Morgan fingerprint density at radius 3 is 2.50 bits per heavy atom. The van der Waals surface area contributed by atoms with Gasteiger partial charge in [0.05, 0.1) is 10.4 Å². The number of anilines is 1. The van der Waals surface area contributed by atoms with Gasteiger partial charge >= 0.3 is 0 Å². The second-order valence-corrected chi connectivity index (χ2v) is 8.97. The molecule has 2 heterocycles. The molecule has 0 aliphatic heterocycles. The molecule has 3 aromatic rings. The van der Waals surface area contributed by atoms with Gasteiger partial charge in [0.15, 0.2) is 5.69 Å². The van der Waals surface area contributed by atoms with Crippen LogP contribution in [0.1, 0.15) is 10.5 Å². The van der Waals surface area contributed by atoms with Gasteiger partial charge in [-0.05, 0) is 30.3 Å². The highest BCUT2D eigenvalue weighted by Gasteiger charge is 2.23. The number of pyridine rings is 1. The Morgan fingerprint density at radius 1 is 1.12 bits per heavy atom. The molecule has 9 nitrogen and oxygen atoms in total. The summed E-state index contributed by atoms with van der Waals surface area (Å²) in [5.41, 5.74) is 0.375. The zero-order valence-electron chi connectivity index (χ0n) is 13.4. The molecule has 0 bridgehead atoms. The molecule has 0 aliphatic carbocycles. The van der Waals surface area contributed by atoms with Gasteiger partial charge in [-0.15, -0.1) is 0 Å². The van der Waals surface area contributed by atoms with Gasteiger partial charge in [0, 0.05) is 18.1 Å². The largest absolute Gasteiger partial charge is 0.321 e. The molecule has 0 fully saturated rings. The molecule has 0 radical (unpaired) electrons. The zero-order valence-corrected chi connectivity index (χ0v) is 15.1. The van der Waals surface area contributed by atoms with Crippen molar-refractivity contribution in [2.45, 2.75) is 10.1 Å². The Bertz CT molecular complexity index is 1230. The lowest BCUT2D eigenvalue weighted by Crippen LogP contribution is -2.15. The van der Waals surface area contributed by atoms with E-state index in [4.69, 9.17) is 5.14 Å². The number of sulfonamides is 1. The second kappa shape index (κ2) is 6.20. The first-order chi connectivity index (χ1) is 12.1. The highest BCUT2D eigenvalue weighted by Crippen LogP contribution is 2.19. The zero-order chi connectivity index (χ0) is 19.1. The van der Waals surface area contributed by atoms with Gasteiger partial charge in [-0.25, -0.2) is 27.0 Å². The smallest absolute Gasteiger partial charge is 0.276 e. The van der Waals surface area contributed by atoms with Crippen LogP contribution in [0.25, 0.3) is 5.52 Å². The van der Waals surface area contributed by atoms with Crippen molar-refractivity contribution in [3.63, 3.8) is 0 Å². The molecule has 0 unspecified atom stereocenters. The van der Waals surface area contributed by atoms with E-state index in [2.05, 4.69) is 10.3 Å². The summed E-state index contributed by atoms with van der Waals surface area (Å²) in [6, 6.07) is 10.2. The number of primary sulfonamides is 1. The van der Waals surface area contributed by atoms with Crippen LogP contribution in [-0.4, -0.2) is 38.4 Å². The van der Waals surface area contributed by atoms with Gasteiger partial charge in [-0.3, -0.25) is 9.20 Å². The fourth-order valence-corrected chi connectivity index (χ4v) is 3.71. The first kappa shape index (κ1) is 18.0. The normalized spacial score (nSPS) is 12.2. The molecular formula is C15H14N4O5S2. The van der Waals surface area contributed by atoms with Crippen molar-refractivity contribution in [2.75, 3.05) is 11.6 Å². The molecule has 1 amide bonds. The van der Waals surface area contributed by atoms with Crippen molar-refractivity contribution in [2.24, 2.45) is 5.14 Å². The molecule has 136 valence electrons. The highest BCUT2D eigenvalue weighted by molar-refractivity contribution is 7.90. The summed E-state index contributed by atoms with van der Waals surface area (Å²) < 4.78 is 47.9. The van der Waals surface area contributed by atoms with Crippen molar-refractivity contribution in [1.29, 1.82) is 0 Å². The number of fused-ring (bicyclic) bond motifs is 1. The number of nitrogens with one attached hydrogen (secondary N) is 1. The summed E-state index contributed by atoms with van der Waals surface area (Å²) in [4.78, 5) is 16.3. The van der Waals surface area contributed by atoms with Crippen LogP contribution >= 0.6 is 0 Å². The number of carbonyl (C=O) groups is 1. The Morgan fingerprint density at radius 2 is 1.85 bits per heavy atom. The summed E-state index contributed by atoms with van der Waals surface area (Å²) in [5.74, 6) is -0.685. The van der Waals surface area contributed by atoms with E-state index >= 15 is 0 Å². The monoisotopic (exact) mass is 394 g/mol. The van der Waals surface area contributed by atoms with E-state index < -0.39 is 25.8 Å². The predicted octanol–water partition coefficient (Wildman–Crippen LogP) is 0.637. The molecule has 2 aromatic heterocycles. The SMILES string of the molecule is CS(=O)(=O)c1nc(C(=O)Nc2cccc(S(N)(=O)=O)c2)c2ccccn12. The van der Waals surface area contributed by atoms with E-state index in [9.17, 15) is 21.6 Å². The van der Waals surface area contributed by atoms with Gasteiger partial charge in [0.1, 0.15) is 0 Å². The number of hydrogen-bond donors (Lipinski definition) is 2. The maximum absolute atomic E-state index is 12.6. The van der Waals surface area contributed by atoms with Crippen LogP contribution < -0.4 is 10.5 Å². The van der Waals surface area contributed by atoms with Gasteiger partial charge < -0.3 is 5.32 Å². The van der Waals surface area contributed by atoms with Crippen molar-refractivity contribution in [1.82, 2.24) is 9.38 Å². The van der Waals surface area contributed by atoms with Crippen molar-refractivity contribution in [3.8, 4) is 0 Å². The van der Waals surface area contributed by atoms with Gasteiger partial charge in [-0.1, -0.05) is 12.1 Å². The summed E-state index contributed by atoms with van der Waals surface area (Å²) in [6.07, 6.45) is 2.48.